The van der Waals surface area contributed by atoms with Gasteiger partial charge in [0.05, 0.1) is 48.8 Å². The number of hydrogen-bond donors (Lipinski definition) is 1. The lowest BCUT2D eigenvalue weighted by atomic mass is 9.72. The smallest absolute Gasteiger partial charge is 0.409 e. The molecule has 1 amide bonds. The maximum atomic E-state index is 15.2. The standard InChI is InChI=1S/C32H38F2N6O3/c1-18(2)43-17-20-11-25(33)30(26(34)12-20)28-7-6-23-16-37-29(40(23)38-28)14-22-15-36-9-8-24(22)21-10-19(3)31(27(35)13-21)39(4)32(41)42-5/h6-9,11-12,15-16,18-19,21,27,31H,10,13-14,17,35H2,1-5H3/t19-,21+,27+,31-/m0/s1. The lowest BCUT2D eigenvalue weighted by Crippen LogP contribution is -2.55. The topological polar surface area (TPSA) is 108 Å². The molecule has 0 saturated heterocycles. The number of ether oxygens (including phenoxy) is 2. The van der Waals surface area contributed by atoms with Crippen LogP contribution >= 0.6 is 0 Å². The van der Waals surface area contributed by atoms with E-state index in [9.17, 15) is 4.79 Å². The number of carbonyl (C=O) groups is 1. The molecule has 1 saturated carbocycles. The summed E-state index contributed by atoms with van der Waals surface area (Å²) in [6.07, 6.45) is 6.75. The molecule has 3 aromatic heterocycles. The summed E-state index contributed by atoms with van der Waals surface area (Å²) < 4.78 is 42.3. The molecule has 1 aliphatic rings. The zero-order valence-electron chi connectivity index (χ0n) is 25.1. The van der Waals surface area contributed by atoms with Gasteiger partial charge in [-0.25, -0.2) is 23.1 Å². The molecule has 5 rings (SSSR count). The zero-order valence-corrected chi connectivity index (χ0v) is 25.1. The van der Waals surface area contributed by atoms with E-state index in [1.165, 1.54) is 19.2 Å². The first-order chi connectivity index (χ1) is 20.6. The number of hydrogen-bond acceptors (Lipinski definition) is 7. The summed E-state index contributed by atoms with van der Waals surface area (Å²) in [6, 6.07) is 7.55. The molecule has 1 aliphatic carbocycles. The van der Waals surface area contributed by atoms with Crippen molar-refractivity contribution in [3.63, 3.8) is 0 Å². The maximum absolute atomic E-state index is 15.2. The zero-order chi connectivity index (χ0) is 30.8. The number of pyridine rings is 1. The van der Waals surface area contributed by atoms with E-state index in [1.54, 1.807) is 41.0 Å². The molecule has 4 atom stereocenters. The highest BCUT2D eigenvalue weighted by Gasteiger charge is 2.39. The molecule has 2 N–H and O–H groups in total. The Bertz CT molecular complexity index is 1570. The SMILES string of the molecule is COC(=O)N(C)[C@@H]1[C@H](N)C[C@H](c2ccncc2Cc2ncc3ccc(-c4c(F)cc(COC(C)C)cc4F)nn23)C[C@@H]1C. The predicted molar refractivity (Wildman–Crippen MR) is 158 cm³/mol. The van der Waals surface area contributed by atoms with Gasteiger partial charge in [0.2, 0.25) is 0 Å². The van der Waals surface area contributed by atoms with Gasteiger partial charge in [-0.3, -0.25) is 4.98 Å². The normalized spacial score (nSPS) is 20.5. The second-order valence-electron chi connectivity index (χ2n) is 11.7. The van der Waals surface area contributed by atoms with E-state index >= 15 is 8.78 Å². The summed E-state index contributed by atoms with van der Waals surface area (Å²) in [4.78, 5) is 22.7. The molecule has 4 aromatic rings. The van der Waals surface area contributed by atoms with Gasteiger partial charge in [0.25, 0.3) is 0 Å². The van der Waals surface area contributed by atoms with Crippen molar-refractivity contribution in [3.8, 4) is 11.3 Å². The molecule has 228 valence electrons. The van der Waals surface area contributed by atoms with Crippen LogP contribution in [0.2, 0.25) is 0 Å². The van der Waals surface area contributed by atoms with E-state index in [2.05, 4.69) is 22.0 Å². The van der Waals surface area contributed by atoms with Crippen molar-refractivity contribution in [1.29, 1.82) is 0 Å². The molecular weight excluding hydrogens is 554 g/mol. The Morgan fingerprint density at radius 3 is 2.58 bits per heavy atom. The number of benzene rings is 1. The minimum atomic E-state index is -0.704. The predicted octanol–water partition coefficient (Wildman–Crippen LogP) is 5.49. The highest BCUT2D eigenvalue weighted by Crippen LogP contribution is 2.39. The lowest BCUT2D eigenvalue weighted by Gasteiger charge is -2.43. The lowest BCUT2D eigenvalue weighted by molar-refractivity contribution is 0.0654. The Kier molecular flexibility index (Phi) is 9.03. The van der Waals surface area contributed by atoms with E-state index in [0.717, 1.165) is 17.5 Å². The van der Waals surface area contributed by atoms with Gasteiger partial charge >= 0.3 is 6.09 Å². The molecule has 1 aromatic carbocycles. The molecule has 9 nitrogen and oxygen atoms in total. The minimum Gasteiger partial charge on any atom is -0.453 e. The molecule has 0 radical (unpaired) electrons. The number of rotatable bonds is 8. The van der Waals surface area contributed by atoms with Crippen LogP contribution in [0.1, 0.15) is 62.0 Å². The third kappa shape index (κ3) is 6.37. The summed E-state index contributed by atoms with van der Waals surface area (Å²) >= 11 is 0. The number of methoxy groups -OCH3 is 1. The number of imidazole rings is 1. The number of likely N-dealkylation sites (N-methyl/N-ethyl adjacent to an activating group) is 1. The van der Waals surface area contributed by atoms with Crippen LogP contribution in [-0.2, 0) is 22.5 Å². The summed E-state index contributed by atoms with van der Waals surface area (Å²) in [7, 11) is 3.09. The Morgan fingerprint density at radius 2 is 1.91 bits per heavy atom. The fourth-order valence-electron chi connectivity index (χ4n) is 6.32. The molecule has 3 heterocycles. The summed E-state index contributed by atoms with van der Waals surface area (Å²) in [6.45, 7) is 5.95. The number of fused-ring (bicyclic) bond motifs is 1. The van der Waals surface area contributed by atoms with Crippen LogP contribution in [0.3, 0.4) is 0 Å². The van der Waals surface area contributed by atoms with Crippen molar-refractivity contribution in [2.75, 3.05) is 14.2 Å². The summed E-state index contributed by atoms with van der Waals surface area (Å²) in [5.74, 6) is -0.496. The number of amides is 1. The van der Waals surface area contributed by atoms with E-state index < -0.39 is 17.7 Å². The van der Waals surface area contributed by atoms with Gasteiger partial charge in [0.1, 0.15) is 17.5 Å². The van der Waals surface area contributed by atoms with Gasteiger partial charge in [-0.1, -0.05) is 6.92 Å². The highest BCUT2D eigenvalue weighted by molar-refractivity contribution is 5.67. The third-order valence-corrected chi connectivity index (χ3v) is 8.27. The fourth-order valence-corrected chi connectivity index (χ4v) is 6.32. The summed E-state index contributed by atoms with van der Waals surface area (Å²) in [5.41, 5.74) is 9.79. The molecule has 43 heavy (non-hydrogen) atoms. The van der Waals surface area contributed by atoms with Crippen molar-refractivity contribution in [1.82, 2.24) is 24.5 Å². The Morgan fingerprint density at radius 1 is 1.16 bits per heavy atom. The van der Waals surface area contributed by atoms with Crippen LogP contribution in [-0.4, -0.2) is 62.9 Å². The average Bonchev–Trinajstić information content (AvgIpc) is 3.37. The number of carbonyl (C=O) groups excluding carboxylic acids is 1. The first-order valence-corrected chi connectivity index (χ1v) is 14.5. The van der Waals surface area contributed by atoms with Crippen molar-refractivity contribution in [2.45, 2.75) is 70.7 Å². The van der Waals surface area contributed by atoms with Crippen molar-refractivity contribution < 1.29 is 23.0 Å². The number of aromatic nitrogens is 4. The molecule has 0 bridgehead atoms. The Hall–Kier alpha value is -3.96. The van der Waals surface area contributed by atoms with E-state index in [0.29, 0.717) is 29.7 Å². The van der Waals surface area contributed by atoms with Crippen LogP contribution in [0.4, 0.5) is 13.6 Å². The number of halogens is 2. The van der Waals surface area contributed by atoms with Crippen LogP contribution in [0.15, 0.2) is 48.9 Å². The number of nitrogens with two attached hydrogens (primary N) is 1. The average molecular weight is 593 g/mol. The van der Waals surface area contributed by atoms with Crippen LogP contribution < -0.4 is 5.73 Å². The molecule has 1 fully saturated rings. The molecular formula is C32H38F2N6O3. The second-order valence-corrected chi connectivity index (χ2v) is 11.7. The second kappa shape index (κ2) is 12.7. The maximum Gasteiger partial charge on any atom is 0.409 e. The van der Waals surface area contributed by atoms with Crippen LogP contribution in [0, 0.1) is 17.6 Å². The Balaban J connectivity index is 1.41. The van der Waals surface area contributed by atoms with Gasteiger partial charge in [0.15, 0.2) is 0 Å². The quantitative estimate of drug-likeness (QED) is 0.288. The highest BCUT2D eigenvalue weighted by atomic mass is 19.1. The van der Waals surface area contributed by atoms with Gasteiger partial charge in [-0.05, 0) is 85.5 Å². The molecule has 0 unspecified atom stereocenters. The van der Waals surface area contributed by atoms with Crippen LogP contribution in [0.5, 0.6) is 0 Å². The van der Waals surface area contributed by atoms with E-state index in [1.807, 2.05) is 26.1 Å². The van der Waals surface area contributed by atoms with Crippen molar-refractivity contribution in [3.05, 3.63) is 83.1 Å². The third-order valence-electron chi connectivity index (χ3n) is 8.27. The van der Waals surface area contributed by atoms with Gasteiger partial charge in [0, 0.05) is 31.9 Å². The Labute approximate surface area is 250 Å². The first-order valence-electron chi connectivity index (χ1n) is 14.5. The summed E-state index contributed by atoms with van der Waals surface area (Å²) in [5, 5.41) is 4.60. The van der Waals surface area contributed by atoms with Gasteiger partial charge < -0.3 is 20.1 Å². The van der Waals surface area contributed by atoms with Crippen LogP contribution in [0.25, 0.3) is 16.8 Å². The largest absolute Gasteiger partial charge is 0.453 e. The van der Waals surface area contributed by atoms with E-state index in [-0.39, 0.29) is 47.9 Å². The van der Waals surface area contributed by atoms with Gasteiger partial charge in [-0.15, -0.1) is 0 Å². The molecule has 0 spiro atoms. The fraction of sp³-hybridized carbons (Fsp3) is 0.438. The monoisotopic (exact) mass is 592 g/mol. The molecule has 0 aliphatic heterocycles. The van der Waals surface area contributed by atoms with Crippen molar-refractivity contribution in [2.24, 2.45) is 11.7 Å². The first kappa shape index (κ1) is 30.5. The van der Waals surface area contributed by atoms with Gasteiger partial charge in [-0.2, -0.15) is 5.10 Å². The molecule has 11 heteroatoms. The van der Waals surface area contributed by atoms with E-state index in [4.69, 9.17) is 15.2 Å². The number of nitrogens with zero attached hydrogens (tertiary/aromatic N) is 5. The minimum absolute atomic E-state index is 0.0571. The van der Waals surface area contributed by atoms with Crippen molar-refractivity contribution >= 4 is 11.6 Å².